The topological polar surface area (TPSA) is 24.9 Å². The van der Waals surface area contributed by atoms with Crippen LogP contribution in [-0.4, -0.2) is 11.5 Å². The first-order valence-electron chi connectivity index (χ1n) is 6.15. The zero-order chi connectivity index (χ0) is 11.4. The van der Waals surface area contributed by atoms with Gasteiger partial charge in [-0.3, -0.25) is 4.98 Å². The van der Waals surface area contributed by atoms with Gasteiger partial charge in [0, 0.05) is 10.7 Å². The Bertz CT molecular complexity index is 336. The van der Waals surface area contributed by atoms with Crippen molar-refractivity contribution in [2.75, 3.05) is 6.54 Å². The highest BCUT2D eigenvalue weighted by Gasteiger charge is 2.23. The molecule has 1 saturated carbocycles. The van der Waals surface area contributed by atoms with Gasteiger partial charge in [0.25, 0.3) is 0 Å². The Morgan fingerprint density at radius 3 is 3.00 bits per heavy atom. The van der Waals surface area contributed by atoms with Gasteiger partial charge in [0.2, 0.25) is 0 Å². The van der Waals surface area contributed by atoms with Gasteiger partial charge in [0.15, 0.2) is 0 Å². The van der Waals surface area contributed by atoms with Gasteiger partial charge in [-0.15, -0.1) is 0 Å². The molecule has 16 heavy (non-hydrogen) atoms. The third-order valence-corrected chi connectivity index (χ3v) is 3.80. The summed E-state index contributed by atoms with van der Waals surface area (Å²) in [7, 11) is 0. The number of hydrogen-bond acceptors (Lipinski definition) is 2. The first-order chi connectivity index (χ1) is 7.81. The maximum Gasteiger partial charge on any atom is 0.0714 e. The van der Waals surface area contributed by atoms with Gasteiger partial charge in [0.05, 0.1) is 11.7 Å². The molecule has 0 aliphatic heterocycles. The number of pyridine rings is 1. The summed E-state index contributed by atoms with van der Waals surface area (Å²) < 4.78 is 1.12. The van der Waals surface area contributed by atoms with E-state index in [1.807, 2.05) is 12.3 Å². The maximum atomic E-state index is 4.49. The quantitative estimate of drug-likeness (QED) is 0.861. The lowest BCUT2D eigenvalue weighted by molar-refractivity contribution is 0.471. The van der Waals surface area contributed by atoms with Crippen LogP contribution in [0.3, 0.4) is 0 Å². The van der Waals surface area contributed by atoms with Crippen molar-refractivity contribution in [2.24, 2.45) is 5.92 Å². The molecule has 1 N–H and O–H groups in total. The molecule has 1 atom stereocenters. The second-order valence-electron chi connectivity index (χ2n) is 4.50. The Morgan fingerprint density at radius 2 is 2.38 bits per heavy atom. The molecular formula is C13H19BrN2. The summed E-state index contributed by atoms with van der Waals surface area (Å²) in [5.74, 6) is 0.989. The number of nitrogens with one attached hydrogen (secondary N) is 1. The SMILES string of the molecule is CCNC(CCC1CC1)c1ncccc1Br. The van der Waals surface area contributed by atoms with Crippen LogP contribution in [0.5, 0.6) is 0 Å². The van der Waals surface area contributed by atoms with E-state index in [9.17, 15) is 0 Å². The molecule has 1 aliphatic rings. The van der Waals surface area contributed by atoms with Crippen molar-refractivity contribution in [2.45, 2.75) is 38.6 Å². The predicted molar refractivity (Wildman–Crippen MR) is 70.3 cm³/mol. The van der Waals surface area contributed by atoms with Gasteiger partial charge in [0.1, 0.15) is 0 Å². The van der Waals surface area contributed by atoms with Crippen LogP contribution in [0, 0.1) is 5.92 Å². The predicted octanol–water partition coefficient (Wildman–Crippen LogP) is 3.68. The average Bonchev–Trinajstić information content (AvgIpc) is 3.09. The highest BCUT2D eigenvalue weighted by Crippen LogP contribution is 2.36. The fourth-order valence-electron chi connectivity index (χ4n) is 2.05. The summed E-state index contributed by atoms with van der Waals surface area (Å²) in [6.07, 6.45) is 7.28. The van der Waals surface area contributed by atoms with E-state index in [0.29, 0.717) is 6.04 Å². The monoisotopic (exact) mass is 282 g/mol. The molecule has 0 radical (unpaired) electrons. The third-order valence-electron chi connectivity index (χ3n) is 3.13. The van der Waals surface area contributed by atoms with E-state index < -0.39 is 0 Å². The van der Waals surface area contributed by atoms with Gasteiger partial charge in [-0.25, -0.2) is 0 Å². The number of aromatic nitrogens is 1. The van der Waals surface area contributed by atoms with Crippen LogP contribution in [0.4, 0.5) is 0 Å². The van der Waals surface area contributed by atoms with Gasteiger partial charge < -0.3 is 5.32 Å². The number of halogens is 1. The van der Waals surface area contributed by atoms with E-state index in [1.54, 1.807) is 0 Å². The van der Waals surface area contributed by atoms with Gasteiger partial charge in [-0.05, 0) is 53.4 Å². The normalized spacial score (nSPS) is 17.4. The molecule has 1 heterocycles. The van der Waals surface area contributed by atoms with E-state index in [0.717, 1.165) is 22.6 Å². The van der Waals surface area contributed by atoms with E-state index in [-0.39, 0.29) is 0 Å². The number of nitrogens with zero attached hydrogens (tertiary/aromatic N) is 1. The molecular weight excluding hydrogens is 264 g/mol. The minimum absolute atomic E-state index is 0.404. The van der Waals surface area contributed by atoms with Crippen molar-refractivity contribution in [1.29, 1.82) is 0 Å². The second-order valence-corrected chi connectivity index (χ2v) is 5.36. The van der Waals surface area contributed by atoms with E-state index >= 15 is 0 Å². The molecule has 0 bridgehead atoms. The molecule has 0 saturated heterocycles. The van der Waals surface area contributed by atoms with Crippen molar-refractivity contribution >= 4 is 15.9 Å². The Labute approximate surface area is 106 Å². The zero-order valence-corrected chi connectivity index (χ0v) is 11.3. The van der Waals surface area contributed by atoms with Crippen LogP contribution in [0.15, 0.2) is 22.8 Å². The van der Waals surface area contributed by atoms with E-state index in [2.05, 4.69) is 39.2 Å². The molecule has 2 nitrogen and oxygen atoms in total. The van der Waals surface area contributed by atoms with Crippen LogP contribution >= 0.6 is 15.9 Å². The Morgan fingerprint density at radius 1 is 1.56 bits per heavy atom. The van der Waals surface area contributed by atoms with Crippen LogP contribution < -0.4 is 5.32 Å². The Kier molecular flexibility index (Phi) is 4.36. The summed E-state index contributed by atoms with van der Waals surface area (Å²) in [5.41, 5.74) is 1.16. The molecule has 1 aromatic rings. The number of rotatable bonds is 6. The van der Waals surface area contributed by atoms with Gasteiger partial charge >= 0.3 is 0 Å². The summed E-state index contributed by atoms with van der Waals surface area (Å²) in [6, 6.07) is 4.45. The summed E-state index contributed by atoms with van der Waals surface area (Å²) in [6.45, 7) is 3.15. The van der Waals surface area contributed by atoms with Crippen molar-refractivity contribution in [3.8, 4) is 0 Å². The molecule has 0 aromatic carbocycles. The van der Waals surface area contributed by atoms with Crippen molar-refractivity contribution < 1.29 is 0 Å². The number of hydrogen-bond donors (Lipinski definition) is 1. The molecule has 88 valence electrons. The standard InChI is InChI=1S/C13H19BrN2/c1-2-15-12(8-7-10-5-6-10)13-11(14)4-3-9-16-13/h3-4,9-10,12,15H,2,5-8H2,1H3. The fourth-order valence-corrected chi connectivity index (χ4v) is 2.58. The van der Waals surface area contributed by atoms with E-state index in [4.69, 9.17) is 0 Å². The lowest BCUT2D eigenvalue weighted by atomic mass is 10.0. The second kappa shape index (κ2) is 5.78. The van der Waals surface area contributed by atoms with Crippen molar-refractivity contribution in [3.63, 3.8) is 0 Å². The molecule has 3 heteroatoms. The Balaban J connectivity index is 2.01. The summed E-state index contributed by atoms with van der Waals surface area (Å²) >= 11 is 3.59. The molecule has 1 aliphatic carbocycles. The van der Waals surface area contributed by atoms with Crippen LogP contribution in [-0.2, 0) is 0 Å². The molecule has 1 unspecified atom stereocenters. The van der Waals surface area contributed by atoms with E-state index in [1.165, 1.54) is 25.7 Å². The molecule has 1 fully saturated rings. The minimum atomic E-state index is 0.404. The highest BCUT2D eigenvalue weighted by molar-refractivity contribution is 9.10. The zero-order valence-electron chi connectivity index (χ0n) is 9.75. The summed E-state index contributed by atoms with van der Waals surface area (Å²) in [4.78, 5) is 4.49. The van der Waals surface area contributed by atoms with Gasteiger partial charge in [-0.2, -0.15) is 0 Å². The first kappa shape index (κ1) is 12.1. The smallest absolute Gasteiger partial charge is 0.0714 e. The minimum Gasteiger partial charge on any atom is -0.309 e. The third kappa shape index (κ3) is 3.29. The van der Waals surface area contributed by atoms with Crippen LogP contribution in [0.25, 0.3) is 0 Å². The fraction of sp³-hybridized carbons (Fsp3) is 0.615. The molecule has 1 aromatic heterocycles. The lowest BCUT2D eigenvalue weighted by Crippen LogP contribution is -2.22. The van der Waals surface area contributed by atoms with Crippen LogP contribution in [0.1, 0.15) is 44.3 Å². The molecule has 0 amide bonds. The first-order valence-corrected chi connectivity index (χ1v) is 6.94. The maximum absolute atomic E-state index is 4.49. The highest BCUT2D eigenvalue weighted by atomic mass is 79.9. The van der Waals surface area contributed by atoms with Crippen molar-refractivity contribution in [3.05, 3.63) is 28.5 Å². The Hall–Kier alpha value is -0.410. The average molecular weight is 283 g/mol. The van der Waals surface area contributed by atoms with Gasteiger partial charge in [-0.1, -0.05) is 19.8 Å². The molecule has 0 spiro atoms. The lowest BCUT2D eigenvalue weighted by Gasteiger charge is -2.18. The van der Waals surface area contributed by atoms with Crippen LogP contribution in [0.2, 0.25) is 0 Å². The van der Waals surface area contributed by atoms with Crippen molar-refractivity contribution in [1.82, 2.24) is 10.3 Å². The largest absolute Gasteiger partial charge is 0.309 e. The molecule has 2 rings (SSSR count). The summed E-state index contributed by atoms with van der Waals surface area (Å²) in [5, 5.41) is 3.53.